The highest BCUT2D eigenvalue weighted by atomic mass is 79.9. The van der Waals surface area contributed by atoms with Gasteiger partial charge in [-0.15, -0.1) is 0 Å². The molecule has 0 bridgehead atoms. The number of alkyl halides is 2. The van der Waals surface area contributed by atoms with Crippen molar-refractivity contribution < 1.29 is 18.6 Å². The molecule has 0 saturated carbocycles. The van der Waals surface area contributed by atoms with Crippen LogP contribution >= 0.6 is 15.9 Å². The van der Waals surface area contributed by atoms with Crippen LogP contribution in [0.5, 0.6) is 5.75 Å². The predicted molar refractivity (Wildman–Crippen MR) is 49.5 cm³/mol. The van der Waals surface area contributed by atoms with E-state index in [2.05, 4.69) is 20.9 Å². The molecule has 1 N–H and O–H groups in total. The Balaban J connectivity index is 2.90. The fourth-order valence-electron chi connectivity index (χ4n) is 0.871. The van der Waals surface area contributed by atoms with Gasteiger partial charge in [-0.2, -0.15) is 0 Å². The van der Waals surface area contributed by atoms with E-state index in [1.807, 2.05) is 0 Å². The highest BCUT2D eigenvalue weighted by Crippen LogP contribution is 2.28. The van der Waals surface area contributed by atoms with E-state index in [0.717, 1.165) is 0 Å². The lowest BCUT2D eigenvalue weighted by Crippen LogP contribution is -2.05. The lowest BCUT2D eigenvalue weighted by atomic mass is 10.3. The molecule has 0 atom stereocenters. The molecule has 0 saturated heterocycles. The third-order valence-corrected chi connectivity index (χ3v) is 1.85. The summed E-state index contributed by atoms with van der Waals surface area (Å²) in [4.78, 5) is 3.59. The van der Waals surface area contributed by atoms with Gasteiger partial charge in [-0.1, -0.05) is 0 Å². The molecule has 1 rings (SSSR count). The zero-order valence-corrected chi connectivity index (χ0v) is 8.67. The molecule has 1 aromatic heterocycles. The van der Waals surface area contributed by atoms with Crippen LogP contribution in [0, 0.1) is 0 Å². The highest BCUT2D eigenvalue weighted by Gasteiger charge is 2.16. The summed E-state index contributed by atoms with van der Waals surface area (Å²) >= 11 is 2.98. The van der Waals surface area contributed by atoms with Crippen molar-refractivity contribution >= 4 is 15.9 Å². The van der Waals surface area contributed by atoms with E-state index in [9.17, 15) is 8.78 Å². The molecule has 0 radical (unpaired) electrons. The standard InChI is InChI=1S/C8H8BrF2NO2/c9-6-2-1-5(14-4-3-13)7(12-6)8(10)11/h1-2,8,13H,3-4H2. The Morgan fingerprint density at radius 1 is 1.50 bits per heavy atom. The molecule has 1 aromatic rings. The summed E-state index contributed by atoms with van der Waals surface area (Å²) in [6.45, 7) is -0.248. The quantitative estimate of drug-likeness (QED) is 0.851. The molecular weight excluding hydrogens is 260 g/mol. The van der Waals surface area contributed by atoms with Gasteiger partial charge in [0.25, 0.3) is 6.43 Å². The van der Waals surface area contributed by atoms with Gasteiger partial charge in [0.05, 0.1) is 6.61 Å². The van der Waals surface area contributed by atoms with E-state index in [0.29, 0.717) is 4.60 Å². The average molecular weight is 268 g/mol. The van der Waals surface area contributed by atoms with Crippen molar-refractivity contribution in [2.45, 2.75) is 6.43 Å². The first-order valence-electron chi connectivity index (χ1n) is 3.83. The van der Waals surface area contributed by atoms with Crippen LogP contribution in [0.2, 0.25) is 0 Å². The fraction of sp³-hybridized carbons (Fsp3) is 0.375. The second kappa shape index (κ2) is 5.21. The summed E-state index contributed by atoms with van der Waals surface area (Å²) in [6.07, 6.45) is -2.69. The number of pyridine rings is 1. The van der Waals surface area contributed by atoms with Crippen LogP contribution in [0.15, 0.2) is 16.7 Å². The Labute approximate surface area is 87.9 Å². The van der Waals surface area contributed by atoms with E-state index in [4.69, 9.17) is 9.84 Å². The van der Waals surface area contributed by atoms with Gasteiger partial charge in [0.2, 0.25) is 0 Å². The Morgan fingerprint density at radius 2 is 2.21 bits per heavy atom. The Kier molecular flexibility index (Phi) is 4.21. The van der Waals surface area contributed by atoms with Crippen LogP contribution in [-0.2, 0) is 0 Å². The van der Waals surface area contributed by atoms with Crippen molar-refractivity contribution in [3.63, 3.8) is 0 Å². The Hall–Kier alpha value is -0.750. The molecule has 0 aliphatic rings. The second-order valence-electron chi connectivity index (χ2n) is 2.39. The number of aromatic nitrogens is 1. The number of hydrogen-bond donors (Lipinski definition) is 1. The lowest BCUT2D eigenvalue weighted by molar-refractivity contribution is 0.135. The van der Waals surface area contributed by atoms with Crippen LogP contribution in [0.3, 0.4) is 0 Å². The Morgan fingerprint density at radius 3 is 2.79 bits per heavy atom. The van der Waals surface area contributed by atoms with Crippen molar-refractivity contribution in [3.8, 4) is 5.75 Å². The lowest BCUT2D eigenvalue weighted by Gasteiger charge is -2.08. The van der Waals surface area contributed by atoms with E-state index in [1.165, 1.54) is 12.1 Å². The van der Waals surface area contributed by atoms with Crippen molar-refractivity contribution in [2.24, 2.45) is 0 Å². The van der Waals surface area contributed by atoms with Gasteiger partial charge < -0.3 is 9.84 Å². The van der Waals surface area contributed by atoms with Crippen molar-refractivity contribution in [3.05, 3.63) is 22.4 Å². The molecule has 14 heavy (non-hydrogen) atoms. The average Bonchev–Trinajstić information content (AvgIpc) is 2.15. The molecule has 1 heterocycles. The molecule has 0 amide bonds. The summed E-state index contributed by atoms with van der Waals surface area (Å²) in [6, 6.07) is 2.88. The number of hydrogen-bond acceptors (Lipinski definition) is 3. The van der Waals surface area contributed by atoms with E-state index >= 15 is 0 Å². The number of halogens is 3. The first kappa shape index (κ1) is 11.3. The largest absolute Gasteiger partial charge is 0.489 e. The monoisotopic (exact) mass is 267 g/mol. The topological polar surface area (TPSA) is 42.4 Å². The second-order valence-corrected chi connectivity index (χ2v) is 3.20. The molecule has 0 fully saturated rings. The third kappa shape index (κ3) is 2.88. The number of aliphatic hydroxyl groups excluding tert-OH is 1. The molecule has 6 heteroatoms. The van der Waals surface area contributed by atoms with Crippen molar-refractivity contribution in [2.75, 3.05) is 13.2 Å². The minimum atomic E-state index is -2.69. The summed E-state index contributed by atoms with van der Waals surface area (Å²) in [5.74, 6) is -0.00255. The van der Waals surface area contributed by atoms with Gasteiger partial charge in [0, 0.05) is 0 Å². The number of aliphatic hydroxyl groups is 1. The number of ether oxygens (including phenoxy) is 1. The molecule has 0 aliphatic carbocycles. The van der Waals surface area contributed by atoms with E-state index < -0.39 is 12.1 Å². The molecule has 0 aliphatic heterocycles. The molecule has 3 nitrogen and oxygen atoms in total. The fourth-order valence-corrected chi connectivity index (χ4v) is 1.19. The van der Waals surface area contributed by atoms with Gasteiger partial charge in [-0.05, 0) is 28.1 Å². The Bertz CT molecular complexity index is 309. The normalized spacial score (nSPS) is 10.6. The summed E-state index contributed by atoms with van der Waals surface area (Å²) < 4.78 is 30.0. The molecule has 0 unspecified atom stereocenters. The molecule has 0 aromatic carbocycles. The van der Waals surface area contributed by atoms with Gasteiger partial charge >= 0.3 is 0 Å². The van der Waals surface area contributed by atoms with E-state index in [1.54, 1.807) is 0 Å². The van der Waals surface area contributed by atoms with Gasteiger partial charge in [-0.3, -0.25) is 0 Å². The third-order valence-electron chi connectivity index (χ3n) is 1.41. The number of nitrogens with zero attached hydrogens (tertiary/aromatic N) is 1. The number of rotatable bonds is 4. The summed E-state index contributed by atoms with van der Waals surface area (Å²) in [7, 11) is 0. The molecule has 78 valence electrons. The van der Waals surface area contributed by atoms with Crippen LogP contribution in [-0.4, -0.2) is 23.3 Å². The van der Waals surface area contributed by atoms with Gasteiger partial charge in [-0.25, -0.2) is 13.8 Å². The maximum absolute atomic E-state index is 12.4. The summed E-state index contributed by atoms with van der Waals surface area (Å²) in [5, 5.41) is 8.47. The van der Waals surface area contributed by atoms with Gasteiger partial charge in [0.1, 0.15) is 22.7 Å². The van der Waals surface area contributed by atoms with Crippen LogP contribution in [0.25, 0.3) is 0 Å². The molecule has 0 spiro atoms. The summed E-state index contributed by atoms with van der Waals surface area (Å²) in [5.41, 5.74) is -0.423. The maximum Gasteiger partial charge on any atom is 0.284 e. The van der Waals surface area contributed by atoms with Crippen LogP contribution < -0.4 is 4.74 Å². The highest BCUT2D eigenvalue weighted by molar-refractivity contribution is 9.10. The zero-order chi connectivity index (χ0) is 10.6. The predicted octanol–water partition coefficient (Wildman–Crippen LogP) is 2.15. The minimum Gasteiger partial charge on any atom is -0.489 e. The first-order chi connectivity index (χ1) is 6.65. The first-order valence-corrected chi connectivity index (χ1v) is 4.62. The van der Waals surface area contributed by atoms with E-state index in [-0.39, 0.29) is 19.0 Å². The van der Waals surface area contributed by atoms with Crippen molar-refractivity contribution in [1.29, 1.82) is 0 Å². The molecular formula is C8H8BrF2NO2. The van der Waals surface area contributed by atoms with Crippen LogP contribution in [0.4, 0.5) is 8.78 Å². The van der Waals surface area contributed by atoms with Crippen LogP contribution in [0.1, 0.15) is 12.1 Å². The van der Waals surface area contributed by atoms with Gasteiger partial charge in [0.15, 0.2) is 0 Å². The van der Waals surface area contributed by atoms with Crippen molar-refractivity contribution in [1.82, 2.24) is 4.98 Å². The minimum absolute atomic E-state index is 0.00255. The zero-order valence-electron chi connectivity index (χ0n) is 7.08. The smallest absolute Gasteiger partial charge is 0.284 e. The SMILES string of the molecule is OCCOc1ccc(Br)nc1C(F)F. The maximum atomic E-state index is 12.4.